The second kappa shape index (κ2) is 3.30. The third-order valence-electron chi connectivity index (χ3n) is 3.18. The maximum absolute atomic E-state index is 6.21. The Kier molecular flexibility index (Phi) is 2.00. The van der Waals surface area contributed by atoms with E-state index in [-0.39, 0.29) is 11.5 Å². The summed E-state index contributed by atoms with van der Waals surface area (Å²) in [7, 11) is 1.63. The molecular formula is C12H14N4O. The molecule has 1 aromatic heterocycles. The number of methoxy groups -OCH3 is 1. The Balaban J connectivity index is 2.31. The van der Waals surface area contributed by atoms with Crippen molar-refractivity contribution < 1.29 is 4.74 Å². The van der Waals surface area contributed by atoms with Crippen molar-refractivity contribution in [2.45, 2.75) is 18.4 Å². The predicted octanol–water partition coefficient (Wildman–Crippen LogP) is 1.17. The number of aromatic nitrogens is 2. The normalized spacial score (nSPS) is 17.1. The second-order valence-electron chi connectivity index (χ2n) is 4.47. The van der Waals surface area contributed by atoms with Crippen molar-refractivity contribution in [1.29, 1.82) is 0 Å². The predicted molar refractivity (Wildman–Crippen MR) is 65.6 cm³/mol. The van der Waals surface area contributed by atoms with Gasteiger partial charge in [-0.15, -0.1) is 0 Å². The highest BCUT2D eigenvalue weighted by Gasteiger charge is 2.43. The molecule has 0 bridgehead atoms. The number of hydrogen-bond acceptors (Lipinski definition) is 5. The molecule has 2 aromatic rings. The molecule has 1 aliphatic rings. The summed E-state index contributed by atoms with van der Waals surface area (Å²) in [6.45, 7) is 0. The van der Waals surface area contributed by atoms with Crippen molar-refractivity contribution in [3.05, 3.63) is 23.9 Å². The molecule has 1 aromatic carbocycles. The highest BCUT2D eigenvalue weighted by atomic mass is 16.5. The minimum atomic E-state index is -0.332. The van der Waals surface area contributed by atoms with E-state index in [1.807, 2.05) is 18.2 Å². The third kappa shape index (κ3) is 1.59. The highest BCUT2D eigenvalue weighted by Crippen LogP contribution is 2.44. The van der Waals surface area contributed by atoms with E-state index in [0.717, 1.165) is 35.2 Å². The van der Waals surface area contributed by atoms with Crippen molar-refractivity contribution >= 4 is 16.9 Å². The van der Waals surface area contributed by atoms with E-state index in [2.05, 4.69) is 9.97 Å². The summed E-state index contributed by atoms with van der Waals surface area (Å²) in [6, 6.07) is 5.65. The van der Waals surface area contributed by atoms with Crippen LogP contribution in [0.3, 0.4) is 0 Å². The van der Waals surface area contributed by atoms with Gasteiger partial charge in [0.1, 0.15) is 5.75 Å². The quantitative estimate of drug-likeness (QED) is 0.808. The fourth-order valence-electron chi connectivity index (χ4n) is 2.00. The number of benzene rings is 1. The van der Waals surface area contributed by atoms with Crippen LogP contribution in [0.5, 0.6) is 5.75 Å². The zero-order valence-electron chi connectivity index (χ0n) is 9.60. The molecule has 5 nitrogen and oxygen atoms in total. The van der Waals surface area contributed by atoms with Crippen LogP contribution in [0.4, 0.5) is 5.95 Å². The minimum absolute atomic E-state index is 0.273. The number of nitrogens with zero attached hydrogens (tertiary/aromatic N) is 2. The number of nitrogens with two attached hydrogens (primary N) is 2. The number of rotatable bonds is 2. The Bertz CT molecular complexity index is 592. The lowest BCUT2D eigenvalue weighted by atomic mass is 10.1. The average molecular weight is 230 g/mol. The summed E-state index contributed by atoms with van der Waals surface area (Å²) in [5.41, 5.74) is 13.2. The highest BCUT2D eigenvalue weighted by molar-refractivity contribution is 5.84. The summed E-state index contributed by atoms with van der Waals surface area (Å²) in [4.78, 5) is 8.51. The summed E-state index contributed by atoms with van der Waals surface area (Å²) in [5.74, 6) is 1.05. The van der Waals surface area contributed by atoms with Gasteiger partial charge in [0.05, 0.1) is 23.9 Å². The van der Waals surface area contributed by atoms with Gasteiger partial charge in [0.15, 0.2) is 0 Å². The van der Waals surface area contributed by atoms with E-state index in [1.165, 1.54) is 0 Å². The zero-order valence-corrected chi connectivity index (χ0v) is 9.60. The Morgan fingerprint density at radius 3 is 2.71 bits per heavy atom. The SMILES string of the molecule is COc1ccc2nc(N)nc(C3(N)CC3)c2c1. The van der Waals surface area contributed by atoms with Crippen molar-refractivity contribution in [2.24, 2.45) is 5.73 Å². The zero-order chi connectivity index (χ0) is 12.0. The smallest absolute Gasteiger partial charge is 0.220 e. The van der Waals surface area contributed by atoms with Crippen molar-refractivity contribution in [3.8, 4) is 5.75 Å². The van der Waals surface area contributed by atoms with Gasteiger partial charge in [-0.1, -0.05) is 0 Å². The van der Waals surface area contributed by atoms with E-state index in [1.54, 1.807) is 7.11 Å². The summed E-state index contributed by atoms with van der Waals surface area (Å²) in [6.07, 6.45) is 1.88. The molecule has 17 heavy (non-hydrogen) atoms. The lowest BCUT2D eigenvalue weighted by Gasteiger charge is -2.12. The molecular weight excluding hydrogens is 216 g/mol. The first-order valence-electron chi connectivity index (χ1n) is 5.53. The molecule has 4 N–H and O–H groups in total. The molecule has 1 saturated carbocycles. The Labute approximate surface area is 98.8 Å². The molecule has 0 atom stereocenters. The van der Waals surface area contributed by atoms with Gasteiger partial charge in [-0.3, -0.25) is 0 Å². The molecule has 0 aliphatic heterocycles. The topological polar surface area (TPSA) is 87.0 Å². The molecule has 0 radical (unpaired) electrons. The maximum Gasteiger partial charge on any atom is 0.220 e. The minimum Gasteiger partial charge on any atom is -0.497 e. The molecule has 0 amide bonds. The molecule has 0 unspecified atom stereocenters. The van der Waals surface area contributed by atoms with Gasteiger partial charge >= 0.3 is 0 Å². The summed E-state index contributed by atoms with van der Waals surface area (Å²) >= 11 is 0. The number of anilines is 1. The molecule has 0 spiro atoms. The average Bonchev–Trinajstić information content (AvgIpc) is 3.07. The van der Waals surface area contributed by atoms with E-state index >= 15 is 0 Å². The summed E-state index contributed by atoms with van der Waals surface area (Å²) in [5, 5.41) is 0.929. The fraction of sp³-hybridized carbons (Fsp3) is 0.333. The molecule has 88 valence electrons. The Morgan fingerprint density at radius 2 is 2.06 bits per heavy atom. The van der Waals surface area contributed by atoms with Gasteiger partial charge in [0, 0.05) is 5.39 Å². The van der Waals surface area contributed by atoms with E-state index in [9.17, 15) is 0 Å². The lowest BCUT2D eigenvalue weighted by Crippen LogP contribution is -2.21. The first kappa shape index (κ1) is 10.3. The van der Waals surface area contributed by atoms with E-state index < -0.39 is 0 Å². The van der Waals surface area contributed by atoms with Crippen LogP contribution < -0.4 is 16.2 Å². The van der Waals surface area contributed by atoms with Crippen molar-refractivity contribution in [3.63, 3.8) is 0 Å². The fourth-order valence-corrected chi connectivity index (χ4v) is 2.00. The van der Waals surface area contributed by atoms with Crippen LogP contribution in [0, 0.1) is 0 Å². The van der Waals surface area contributed by atoms with Crippen LogP contribution >= 0.6 is 0 Å². The first-order chi connectivity index (χ1) is 8.12. The van der Waals surface area contributed by atoms with Gasteiger partial charge < -0.3 is 16.2 Å². The van der Waals surface area contributed by atoms with E-state index in [4.69, 9.17) is 16.2 Å². The number of ether oxygens (including phenoxy) is 1. The van der Waals surface area contributed by atoms with E-state index in [0.29, 0.717) is 0 Å². The molecule has 1 aliphatic carbocycles. The standard InChI is InChI=1S/C12H14N4O/c1-17-7-2-3-9-8(6-7)10(12(14)4-5-12)16-11(13)15-9/h2-3,6H,4-5,14H2,1H3,(H2,13,15,16). The van der Waals surface area contributed by atoms with Crippen LogP contribution in [-0.2, 0) is 5.54 Å². The van der Waals surface area contributed by atoms with Crippen LogP contribution in [0.15, 0.2) is 18.2 Å². The van der Waals surface area contributed by atoms with Gasteiger partial charge in [0.2, 0.25) is 5.95 Å². The van der Waals surface area contributed by atoms with Gasteiger partial charge in [-0.05, 0) is 31.0 Å². The van der Waals surface area contributed by atoms with Gasteiger partial charge in [0.25, 0.3) is 0 Å². The Morgan fingerprint density at radius 1 is 1.29 bits per heavy atom. The van der Waals surface area contributed by atoms with Crippen LogP contribution in [0.1, 0.15) is 18.5 Å². The van der Waals surface area contributed by atoms with Crippen molar-refractivity contribution in [1.82, 2.24) is 9.97 Å². The summed E-state index contributed by atoms with van der Waals surface area (Å²) < 4.78 is 5.21. The largest absolute Gasteiger partial charge is 0.497 e. The molecule has 3 rings (SSSR count). The third-order valence-corrected chi connectivity index (χ3v) is 3.18. The molecule has 1 heterocycles. The van der Waals surface area contributed by atoms with Gasteiger partial charge in [-0.2, -0.15) is 0 Å². The monoisotopic (exact) mass is 230 g/mol. The van der Waals surface area contributed by atoms with Crippen molar-refractivity contribution in [2.75, 3.05) is 12.8 Å². The Hall–Kier alpha value is -1.88. The van der Waals surface area contributed by atoms with Gasteiger partial charge in [-0.25, -0.2) is 9.97 Å². The lowest BCUT2D eigenvalue weighted by molar-refractivity contribution is 0.415. The number of nitrogen functional groups attached to an aromatic ring is 1. The van der Waals surface area contributed by atoms with Crippen LogP contribution in [0.25, 0.3) is 10.9 Å². The molecule has 1 fully saturated rings. The van der Waals surface area contributed by atoms with Crippen LogP contribution in [0.2, 0.25) is 0 Å². The molecule has 0 saturated heterocycles. The first-order valence-corrected chi connectivity index (χ1v) is 5.53. The molecule has 5 heteroatoms. The second-order valence-corrected chi connectivity index (χ2v) is 4.47. The van der Waals surface area contributed by atoms with Crippen LogP contribution in [-0.4, -0.2) is 17.1 Å². The maximum atomic E-state index is 6.21. The number of fused-ring (bicyclic) bond motifs is 1. The number of hydrogen-bond donors (Lipinski definition) is 2.